The molecule has 0 saturated carbocycles. The van der Waals surface area contributed by atoms with Crippen LogP contribution >= 0.6 is 0 Å². The molecular formula is C9H13F. The Morgan fingerprint density at radius 1 is 1.60 bits per heavy atom. The lowest BCUT2D eigenvalue weighted by molar-refractivity contribution is 0.285. The van der Waals surface area contributed by atoms with Gasteiger partial charge in [-0.25, -0.2) is 4.39 Å². The molecule has 1 aliphatic rings. The summed E-state index contributed by atoms with van der Waals surface area (Å²) < 4.78 is 13.1. The molecule has 0 spiro atoms. The molecule has 0 bridgehead atoms. The highest BCUT2D eigenvalue weighted by Crippen LogP contribution is 2.22. The van der Waals surface area contributed by atoms with E-state index in [0.29, 0.717) is 0 Å². The Morgan fingerprint density at radius 2 is 2.30 bits per heavy atom. The SMILES string of the molecule is CC1=CC=CCC(C)C1F. The second kappa shape index (κ2) is 3.00. The smallest absolute Gasteiger partial charge is 0.124 e. The van der Waals surface area contributed by atoms with E-state index in [-0.39, 0.29) is 5.92 Å². The first-order valence-electron chi connectivity index (χ1n) is 3.69. The molecule has 10 heavy (non-hydrogen) atoms. The first-order valence-corrected chi connectivity index (χ1v) is 3.69. The molecular weight excluding hydrogens is 127 g/mol. The lowest BCUT2D eigenvalue weighted by Crippen LogP contribution is -2.11. The maximum Gasteiger partial charge on any atom is 0.124 e. The van der Waals surface area contributed by atoms with E-state index in [9.17, 15) is 4.39 Å². The minimum absolute atomic E-state index is 0.148. The van der Waals surface area contributed by atoms with Crippen LogP contribution in [-0.2, 0) is 0 Å². The molecule has 0 aromatic carbocycles. The first-order chi connectivity index (χ1) is 4.72. The predicted octanol–water partition coefficient (Wildman–Crippen LogP) is 2.87. The van der Waals surface area contributed by atoms with Gasteiger partial charge in [-0.3, -0.25) is 0 Å². The van der Waals surface area contributed by atoms with Gasteiger partial charge >= 0.3 is 0 Å². The van der Waals surface area contributed by atoms with E-state index in [1.165, 1.54) is 0 Å². The molecule has 0 fully saturated rings. The third kappa shape index (κ3) is 1.47. The molecule has 0 nitrogen and oxygen atoms in total. The monoisotopic (exact) mass is 140 g/mol. The number of hydrogen-bond acceptors (Lipinski definition) is 0. The van der Waals surface area contributed by atoms with Crippen molar-refractivity contribution < 1.29 is 4.39 Å². The van der Waals surface area contributed by atoms with Crippen molar-refractivity contribution in [2.75, 3.05) is 0 Å². The van der Waals surface area contributed by atoms with Crippen LogP contribution in [0.4, 0.5) is 4.39 Å². The van der Waals surface area contributed by atoms with Crippen LogP contribution in [0.25, 0.3) is 0 Å². The Morgan fingerprint density at radius 3 is 3.00 bits per heavy atom. The van der Waals surface area contributed by atoms with Crippen molar-refractivity contribution >= 4 is 0 Å². The molecule has 2 atom stereocenters. The summed E-state index contributed by atoms with van der Waals surface area (Å²) in [5.74, 6) is 0.148. The summed E-state index contributed by atoms with van der Waals surface area (Å²) in [4.78, 5) is 0. The molecule has 0 heterocycles. The Hall–Kier alpha value is -0.590. The number of allylic oxidation sites excluding steroid dienone is 4. The first kappa shape index (κ1) is 7.52. The summed E-state index contributed by atoms with van der Waals surface area (Å²) in [6, 6.07) is 0. The molecule has 0 aliphatic heterocycles. The molecule has 0 saturated heterocycles. The molecule has 1 heteroatoms. The fourth-order valence-electron chi connectivity index (χ4n) is 1.17. The molecule has 1 aliphatic carbocycles. The summed E-state index contributed by atoms with van der Waals surface area (Å²) in [5, 5.41) is 0. The molecule has 0 aromatic heterocycles. The van der Waals surface area contributed by atoms with Gasteiger partial charge in [0.05, 0.1) is 0 Å². The van der Waals surface area contributed by atoms with Crippen molar-refractivity contribution in [3.63, 3.8) is 0 Å². The zero-order chi connectivity index (χ0) is 7.56. The molecule has 0 radical (unpaired) electrons. The fraction of sp³-hybridized carbons (Fsp3) is 0.556. The van der Waals surface area contributed by atoms with E-state index in [2.05, 4.69) is 0 Å². The second-order valence-corrected chi connectivity index (χ2v) is 2.95. The molecule has 0 amide bonds. The van der Waals surface area contributed by atoms with E-state index >= 15 is 0 Å². The summed E-state index contributed by atoms with van der Waals surface area (Å²) in [5.41, 5.74) is 0.848. The van der Waals surface area contributed by atoms with E-state index < -0.39 is 6.17 Å². The molecule has 56 valence electrons. The van der Waals surface area contributed by atoms with Gasteiger partial charge in [0.2, 0.25) is 0 Å². The number of alkyl halides is 1. The molecule has 2 unspecified atom stereocenters. The van der Waals surface area contributed by atoms with Crippen LogP contribution in [0.5, 0.6) is 0 Å². The fourth-order valence-corrected chi connectivity index (χ4v) is 1.17. The minimum atomic E-state index is -0.741. The van der Waals surface area contributed by atoms with Gasteiger partial charge in [-0.2, -0.15) is 0 Å². The lowest BCUT2D eigenvalue weighted by atomic mass is 9.99. The normalized spacial score (nSPS) is 33.3. The largest absolute Gasteiger partial charge is 0.242 e. The molecule has 1 rings (SSSR count). The van der Waals surface area contributed by atoms with Crippen LogP contribution in [0, 0.1) is 5.92 Å². The average Bonchev–Trinajstić information content (AvgIpc) is 2.04. The predicted molar refractivity (Wildman–Crippen MR) is 41.6 cm³/mol. The van der Waals surface area contributed by atoms with Crippen LogP contribution in [-0.4, -0.2) is 6.17 Å². The summed E-state index contributed by atoms with van der Waals surface area (Å²) in [7, 11) is 0. The summed E-state index contributed by atoms with van der Waals surface area (Å²) in [6.07, 6.45) is 5.93. The highest BCUT2D eigenvalue weighted by atomic mass is 19.1. The Kier molecular flexibility index (Phi) is 2.25. The van der Waals surface area contributed by atoms with Crippen molar-refractivity contribution in [1.82, 2.24) is 0 Å². The quantitative estimate of drug-likeness (QED) is 0.485. The van der Waals surface area contributed by atoms with E-state index in [0.717, 1.165) is 12.0 Å². The van der Waals surface area contributed by atoms with E-state index in [1.54, 1.807) is 0 Å². The van der Waals surface area contributed by atoms with Gasteiger partial charge in [0.1, 0.15) is 6.17 Å². The average molecular weight is 140 g/mol. The van der Waals surface area contributed by atoms with Gasteiger partial charge in [-0.15, -0.1) is 0 Å². The van der Waals surface area contributed by atoms with Gasteiger partial charge in [0.25, 0.3) is 0 Å². The molecule has 0 N–H and O–H groups in total. The van der Waals surface area contributed by atoms with Crippen LogP contribution in [0.3, 0.4) is 0 Å². The third-order valence-corrected chi connectivity index (χ3v) is 1.94. The number of rotatable bonds is 0. The summed E-state index contributed by atoms with van der Waals surface area (Å²) in [6.45, 7) is 3.79. The van der Waals surface area contributed by atoms with Gasteiger partial charge in [-0.05, 0) is 24.8 Å². The maximum atomic E-state index is 13.1. The van der Waals surface area contributed by atoms with Crippen molar-refractivity contribution in [3.05, 3.63) is 23.8 Å². The Bertz CT molecular complexity index is 168. The summed E-state index contributed by atoms with van der Waals surface area (Å²) >= 11 is 0. The van der Waals surface area contributed by atoms with Gasteiger partial charge in [0.15, 0.2) is 0 Å². The van der Waals surface area contributed by atoms with Gasteiger partial charge in [-0.1, -0.05) is 25.2 Å². The van der Waals surface area contributed by atoms with Crippen molar-refractivity contribution in [2.45, 2.75) is 26.4 Å². The van der Waals surface area contributed by atoms with Crippen molar-refractivity contribution in [3.8, 4) is 0 Å². The van der Waals surface area contributed by atoms with Crippen LogP contribution in [0.2, 0.25) is 0 Å². The van der Waals surface area contributed by atoms with E-state index in [1.807, 2.05) is 32.1 Å². The lowest BCUT2D eigenvalue weighted by Gasteiger charge is -2.12. The van der Waals surface area contributed by atoms with Gasteiger partial charge < -0.3 is 0 Å². The Balaban J connectivity index is 2.73. The second-order valence-electron chi connectivity index (χ2n) is 2.95. The van der Waals surface area contributed by atoms with Crippen LogP contribution in [0.15, 0.2) is 23.8 Å². The van der Waals surface area contributed by atoms with Gasteiger partial charge in [0, 0.05) is 0 Å². The van der Waals surface area contributed by atoms with Crippen LogP contribution in [0.1, 0.15) is 20.3 Å². The number of halogens is 1. The highest BCUT2D eigenvalue weighted by molar-refractivity contribution is 5.18. The highest BCUT2D eigenvalue weighted by Gasteiger charge is 2.17. The number of hydrogen-bond donors (Lipinski definition) is 0. The van der Waals surface area contributed by atoms with Crippen LogP contribution < -0.4 is 0 Å². The van der Waals surface area contributed by atoms with E-state index in [4.69, 9.17) is 0 Å². The van der Waals surface area contributed by atoms with Crippen molar-refractivity contribution in [2.24, 2.45) is 5.92 Å². The topological polar surface area (TPSA) is 0 Å². The Labute approximate surface area is 61.4 Å². The minimum Gasteiger partial charge on any atom is -0.242 e. The standard InChI is InChI=1S/C9H13F/c1-7-5-3-4-6-8(2)9(7)10/h3-5,8-9H,6H2,1-2H3. The third-order valence-electron chi connectivity index (χ3n) is 1.94. The zero-order valence-electron chi connectivity index (χ0n) is 6.47. The van der Waals surface area contributed by atoms with Crippen molar-refractivity contribution in [1.29, 1.82) is 0 Å². The molecule has 0 aromatic rings. The maximum absolute atomic E-state index is 13.1. The zero-order valence-corrected chi connectivity index (χ0v) is 6.47.